The van der Waals surface area contributed by atoms with Gasteiger partial charge in [0.2, 0.25) is 0 Å². The smallest absolute Gasteiger partial charge is 0.194 e. The molecule has 2 rings (SSSR count). The van der Waals surface area contributed by atoms with Gasteiger partial charge in [0.15, 0.2) is 11.3 Å². The Morgan fingerprint density at radius 1 is 1.15 bits per heavy atom. The minimum atomic E-state index is -0.613. The third kappa shape index (κ3) is 4.80. The van der Waals surface area contributed by atoms with Gasteiger partial charge in [-0.25, -0.2) is 0 Å². The van der Waals surface area contributed by atoms with E-state index in [1.54, 1.807) is 0 Å². The maximum atomic E-state index is 9.43. The number of hydrogen-bond donors (Lipinski definition) is 0. The molecule has 0 saturated carbocycles. The minimum absolute atomic E-state index is 0.282. The molecule has 0 fully saturated rings. The van der Waals surface area contributed by atoms with E-state index in [2.05, 4.69) is 16.3 Å². The van der Waals surface area contributed by atoms with E-state index in [1.807, 2.05) is 57.1 Å². The van der Waals surface area contributed by atoms with Crippen molar-refractivity contribution >= 4 is 39.3 Å². The van der Waals surface area contributed by atoms with Crippen molar-refractivity contribution < 1.29 is 9.47 Å². The molecule has 0 radical (unpaired) electrons. The first-order chi connectivity index (χ1) is 12.5. The molecule has 1 aromatic carbocycles. The molecule has 0 bridgehead atoms. The van der Waals surface area contributed by atoms with Crippen LogP contribution in [0.5, 0.6) is 0 Å². The van der Waals surface area contributed by atoms with E-state index in [0.29, 0.717) is 33.8 Å². The van der Waals surface area contributed by atoms with Gasteiger partial charge < -0.3 is 14.4 Å². The van der Waals surface area contributed by atoms with Crippen LogP contribution < -0.4 is 4.90 Å². The number of benzene rings is 1. The van der Waals surface area contributed by atoms with Crippen LogP contribution in [-0.4, -0.2) is 27.3 Å². The number of azo groups is 1. The Balaban J connectivity index is 2.31. The molecular weight excluding hydrogens is 372 g/mol. The zero-order valence-electron chi connectivity index (χ0n) is 15.2. The second kappa shape index (κ2) is 9.64. The summed E-state index contributed by atoms with van der Waals surface area (Å²) >= 11 is 7.61. The molecule has 0 atom stereocenters. The van der Waals surface area contributed by atoms with Gasteiger partial charge in [0.25, 0.3) is 0 Å². The largest absolute Gasteiger partial charge is 0.378 e. The molecule has 0 aliphatic heterocycles. The summed E-state index contributed by atoms with van der Waals surface area (Å²) in [7, 11) is 3.94. The van der Waals surface area contributed by atoms with Crippen LogP contribution >= 0.6 is 22.9 Å². The number of anilines is 1. The number of rotatable bonds is 8. The summed E-state index contributed by atoms with van der Waals surface area (Å²) in [6.45, 7) is 4.68. The second-order valence-electron chi connectivity index (χ2n) is 5.43. The van der Waals surface area contributed by atoms with Gasteiger partial charge in [-0.3, -0.25) is 0 Å². The molecule has 138 valence electrons. The van der Waals surface area contributed by atoms with E-state index in [-0.39, 0.29) is 5.56 Å². The van der Waals surface area contributed by atoms with Crippen LogP contribution in [0.1, 0.15) is 30.6 Å². The summed E-state index contributed by atoms with van der Waals surface area (Å²) in [6, 6.07) is 9.72. The predicted octanol–water partition coefficient (Wildman–Crippen LogP) is 5.83. The first kappa shape index (κ1) is 20.3. The van der Waals surface area contributed by atoms with Crippen LogP contribution in [-0.2, 0) is 9.47 Å². The predicted molar refractivity (Wildman–Crippen MR) is 105 cm³/mol. The molecule has 0 N–H and O–H groups in total. The molecule has 2 aromatic rings. The fourth-order valence-corrected chi connectivity index (χ4v) is 3.52. The lowest BCUT2D eigenvalue weighted by Crippen LogP contribution is -2.07. The van der Waals surface area contributed by atoms with Crippen molar-refractivity contribution in [2.24, 2.45) is 10.2 Å². The van der Waals surface area contributed by atoms with Crippen molar-refractivity contribution in [3.05, 3.63) is 39.7 Å². The average molecular weight is 393 g/mol. The van der Waals surface area contributed by atoms with E-state index in [4.69, 9.17) is 21.1 Å². The molecule has 0 aliphatic rings. The number of hydrogen-bond acceptors (Lipinski definition) is 7. The van der Waals surface area contributed by atoms with Crippen molar-refractivity contribution in [3.8, 4) is 6.07 Å². The maximum Gasteiger partial charge on any atom is 0.194 e. The SMILES string of the molecule is CCOC(OCC)c1sc(N=Nc2ccc(N(C)C)cc2)c(C#N)c1Cl. The molecule has 0 unspecified atom stereocenters. The monoisotopic (exact) mass is 392 g/mol. The summed E-state index contributed by atoms with van der Waals surface area (Å²) in [4.78, 5) is 2.63. The molecule has 0 spiro atoms. The lowest BCUT2D eigenvalue weighted by Gasteiger charge is -2.15. The zero-order valence-corrected chi connectivity index (χ0v) is 16.8. The van der Waals surface area contributed by atoms with Crippen LogP contribution in [0, 0.1) is 11.3 Å². The average Bonchev–Trinajstić information content (AvgIpc) is 2.95. The third-order valence-electron chi connectivity index (χ3n) is 3.44. The zero-order chi connectivity index (χ0) is 19.1. The Bertz CT molecular complexity index is 791. The first-order valence-corrected chi connectivity index (χ1v) is 9.35. The summed E-state index contributed by atoms with van der Waals surface area (Å²) in [5, 5.41) is 18.6. The summed E-state index contributed by atoms with van der Waals surface area (Å²) in [5.41, 5.74) is 2.04. The van der Waals surface area contributed by atoms with Crippen LogP contribution in [0.15, 0.2) is 34.5 Å². The van der Waals surface area contributed by atoms with Crippen LogP contribution in [0.4, 0.5) is 16.4 Å². The molecule has 26 heavy (non-hydrogen) atoms. The lowest BCUT2D eigenvalue weighted by atomic mass is 10.3. The summed E-state index contributed by atoms with van der Waals surface area (Å²) in [6.07, 6.45) is -0.613. The van der Waals surface area contributed by atoms with E-state index in [0.717, 1.165) is 5.69 Å². The molecule has 1 heterocycles. The van der Waals surface area contributed by atoms with E-state index < -0.39 is 6.29 Å². The maximum absolute atomic E-state index is 9.43. The van der Waals surface area contributed by atoms with E-state index in [9.17, 15) is 5.26 Å². The van der Waals surface area contributed by atoms with Crippen molar-refractivity contribution in [1.29, 1.82) is 5.26 Å². The van der Waals surface area contributed by atoms with Gasteiger partial charge in [0.1, 0.15) is 11.6 Å². The van der Waals surface area contributed by atoms with Crippen molar-refractivity contribution in [3.63, 3.8) is 0 Å². The van der Waals surface area contributed by atoms with Gasteiger partial charge in [0, 0.05) is 33.0 Å². The molecule has 0 amide bonds. The number of nitrogens with zero attached hydrogens (tertiary/aromatic N) is 4. The highest BCUT2D eigenvalue weighted by Gasteiger charge is 2.24. The second-order valence-corrected chi connectivity index (χ2v) is 6.83. The minimum Gasteiger partial charge on any atom is -0.378 e. The quantitative estimate of drug-likeness (QED) is 0.418. The highest BCUT2D eigenvalue weighted by molar-refractivity contribution is 7.16. The Morgan fingerprint density at radius 3 is 2.27 bits per heavy atom. The highest BCUT2D eigenvalue weighted by Crippen LogP contribution is 2.43. The first-order valence-electron chi connectivity index (χ1n) is 8.16. The molecule has 8 heteroatoms. The fourth-order valence-electron chi connectivity index (χ4n) is 2.16. The van der Waals surface area contributed by atoms with Crippen molar-refractivity contribution in [1.82, 2.24) is 0 Å². The van der Waals surface area contributed by atoms with Gasteiger partial charge in [-0.1, -0.05) is 11.6 Å². The van der Waals surface area contributed by atoms with Gasteiger partial charge in [-0.05, 0) is 38.1 Å². The molecule has 6 nitrogen and oxygen atoms in total. The van der Waals surface area contributed by atoms with Gasteiger partial charge in [-0.15, -0.1) is 21.6 Å². The molecule has 1 aromatic heterocycles. The van der Waals surface area contributed by atoms with Crippen LogP contribution in [0.25, 0.3) is 0 Å². The van der Waals surface area contributed by atoms with Gasteiger partial charge in [-0.2, -0.15) is 5.26 Å². The molecule has 0 aliphatic carbocycles. The van der Waals surface area contributed by atoms with Crippen molar-refractivity contribution in [2.45, 2.75) is 20.1 Å². The number of nitriles is 1. The Labute approximate surface area is 162 Å². The van der Waals surface area contributed by atoms with Crippen LogP contribution in [0.3, 0.4) is 0 Å². The van der Waals surface area contributed by atoms with Crippen LogP contribution in [0.2, 0.25) is 5.02 Å². The molecule has 0 saturated heterocycles. The third-order valence-corrected chi connectivity index (χ3v) is 5.04. The Morgan fingerprint density at radius 2 is 1.77 bits per heavy atom. The van der Waals surface area contributed by atoms with E-state index in [1.165, 1.54) is 11.3 Å². The highest BCUT2D eigenvalue weighted by atomic mass is 35.5. The van der Waals surface area contributed by atoms with Crippen molar-refractivity contribution in [2.75, 3.05) is 32.2 Å². The Kier molecular flexibility index (Phi) is 7.54. The summed E-state index contributed by atoms with van der Waals surface area (Å²) in [5.74, 6) is 0. The Hall–Kier alpha value is -1.98. The number of ether oxygens (including phenoxy) is 2. The lowest BCUT2D eigenvalue weighted by molar-refractivity contribution is -0.138. The van der Waals surface area contributed by atoms with Gasteiger partial charge >= 0.3 is 0 Å². The summed E-state index contributed by atoms with van der Waals surface area (Å²) < 4.78 is 11.2. The topological polar surface area (TPSA) is 70.2 Å². The normalized spacial score (nSPS) is 11.3. The standard InChI is InChI=1S/C18H21ClN4O2S/c1-5-24-18(25-6-2)16-15(19)14(11-20)17(26-16)22-21-12-7-9-13(10-8-12)23(3)4/h7-10,18H,5-6H2,1-4H3. The van der Waals surface area contributed by atoms with Gasteiger partial charge in [0.05, 0.1) is 15.6 Å². The number of halogens is 1. The number of thiophene rings is 1. The fraction of sp³-hybridized carbons (Fsp3) is 0.389. The molecular formula is C18H21ClN4O2S. The van der Waals surface area contributed by atoms with E-state index >= 15 is 0 Å².